The van der Waals surface area contributed by atoms with Gasteiger partial charge in [0, 0.05) is 29.1 Å². The Kier molecular flexibility index (Phi) is 6.66. The number of nitrogens with one attached hydrogen (secondary N) is 2. The van der Waals surface area contributed by atoms with Gasteiger partial charge in [-0.1, -0.05) is 28.1 Å². The Bertz CT molecular complexity index is 1080. The predicted molar refractivity (Wildman–Crippen MR) is 122 cm³/mol. The quantitative estimate of drug-likeness (QED) is 0.466. The van der Waals surface area contributed by atoms with Crippen molar-refractivity contribution in [3.63, 3.8) is 0 Å². The molecule has 0 saturated carbocycles. The number of rotatable bonds is 8. The summed E-state index contributed by atoms with van der Waals surface area (Å²) in [6.07, 6.45) is 3.84. The van der Waals surface area contributed by atoms with Crippen LogP contribution in [0.1, 0.15) is 30.4 Å². The number of amides is 2. The Labute approximate surface area is 188 Å². The smallest absolute Gasteiger partial charge is 0.225 e. The van der Waals surface area contributed by atoms with Gasteiger partial charge >= 0.3 is 0 Å². The van der Waals surface area contributed by atoms with Crippen LogP contribution in [0.4, 0.5) is 11.5 Å². The Hall–Kier alpha value is -3.13. The van der Waals surface area contributed by atoms with Crippen LogP contribution in [0, 0.1) is 0 Å². The second-order valence-corrected chi connectivity index (χ2v) is 8.28. The van der Waals surface area contributed by atoms with Crippen LogP contribution < -0.4 is 15.4 Å². The number of aryl methyl sites for hydroxylation is 1. The molecule has 0 aliphatic carbocycles. The summed E-state index contributed by atoms with van der Waals surface area (Å²) in [4.78, 5) is 23.8. The Balaban J connectivity index is 1.23. The predicted octanol–water partition coefficient (Wildman–Crippen LogP) is 4.38. The molecule has 2 N–H and O–H groups in total. The molecule has 0 spiro atoms. The standard InChI is InChI=1S/C23H23BrN4O3/c24-18-6-3-16(4-7-18)15-28-21(11-12-25-28)27-22(29)2-1-13-31-19-8-9-20-17(14-19)5-10-23(30)26-20/h3-4,6-9,11-12,14H,1-2,5,10,13,15H2,(H,26,30)(H,27,29). The van der Waals surface area contributed by atoms with Gasteiger partial charge in [0.05, 0.1) is 19.3 Å². The summed E-state index contributed by atoms with van der Waals surface area (Å²) in [7, 11) is 0. The first kappa shape index (κ1) is 21.1. The number of aromatic nitrogens is 2. The zero-order valence-electron chi connectivity index (χ0n) is 16.9. The highest BCUT2D eigenvalue weighted by atomic mass is 79.9. The molecule has 2 amide bonds. The van der Waals surface area contributed by atoms with Gasteiger partial charge in [-0.25, -0.2) is 4.68 Å². The van der Waals surface area contributed by atoms with Crippen molar-refractivity contribution >= 4 is 39.2 Å². The molecule has 2 heterocycles. The summed E-state index contributed by atoms with van der Waals surface area (Å²) in [5.74, 6) is 1.40. The number of anilines is 2. The van der Waals surface area contributed by atoms with Crippen molar-refractivity contribution in [2.45, 2.75) is 32.2 Å². The minimum atomic E-state index is -0.0747. The topological polar surface area (TPSA) is 85.2 Å². The van der Waals surface area contributed by atoms with Gasteiger partial charge in [-0.2, -0.15) is 5.10 Å². The van der Waals surface area contributed by atoms with Crippen LogP contribution >= 0.6 is 15.9 Å². The molecule has 0 bridgehead atoms. The van der Waals surface area contributed by atoms with Gasteiger partial charge in [0.2, 0.25) is 11.8 Å². The fourth-order valence-electron chi connectivity index (χ4n) is 3.41. The van der Waals surface area contributed by atoms with Crippen molar-refractivity contribution in [1.82, 2.24) is 9.78 Å². The SMILES string of the molecule is O=C1CCc2cc(OCCCC(=O)Nc3ccnn3Cc3ccc(Br)cc3)ccc2N1. The average molecular weight is 483 g/mol. The lowest BCUT2D eigenvalue weighted by molar-refractivity contribution is -0.117. The van der Waals surface area contributed by atoms with Gasteiger partial charge in [0.15, 0.2) is 0 Å². The molecule has 0 fully saturated rings. The number of hydrogen-bond acceptors (Lipinski definition) is 4. The maximum absolute atomic E-state index is 12.3. The second kappa shape index (κ2) is 9.78. The Morgan fingerprint density at radius 2 is 2.00 bits per heavy atom. The Morgan fingerprint density at radius 1 is 1.16 bits per heavy atom. The number of halogens is 1. The number of hydrogen-bond donors (Lipinski definition) is 2. The van der Waals surface area contributed by atoms with E-state index in [-0.39, 0.29) is 11.8 Å². The molecule has 0 saturated heterocycles. The van der Waals surface area contributed by atoms with Gasteiger partial charge in [0.25, 0.3) is 0 Å². The first-order valence-electron chi connectivity index (χ1n) is 10.2. The van der Waals surface area contributed by atoms with Gasteiger partial charge in [-0.15, -0.1) is 0 Å². The molecule has 31 heavy (non-hydrogen) atoms. The van der Waals surface area contributed by atoms with Crippen LogP contribution in [-0.4, -0.2) is 28.2 Å². The van der Waals surface area contributed by atoms with Crippen LogP contribution in [-0.2, 0) is 22.6 Å². The first-order valence-corrected chi connectivity index (χ1v) is 11.0. The number of nitrogens with zero attached hydrogens (tertiary/aromatic N) is 2. The van der Waals surface area contributed by atoms with E-state index in [0.29, 0.717) is 44.7 Å². The molecule has 0 radical (unpaired) electrons. The zero-order valence-corrected chi connectivity index (χ0v) is 18.5. The lowest BCUT2D eigenvalue weighted by Crippen LogP contribution is -2.19. The van der Waals surface area contributed by atoms with E-state index >= 15 is 0 Å². The maximum atomic E-state index is 12.3. The van der Waals surface area contributed by atoms with E-state index in [9.17, 15) is 9.59 Å². The van der Waals surface area contributed by atoms with Crippen LogP contribution in [0.2, 0.25) is 0 Å². The van der Waals surface area contributed by atoms with Crippen LogP contribution in [0.5, 0.6) is 5.75 Å². The summed E-state index contributed by atoms with van der Waals surface area (Å²) in [5.41, 5.74) is 3.03. The van der Waals surface area contributed by atoms with Crippen molar-refractivity contribution in [1.29, 1.82) is 0 Å². The van der Waals surface area contributed by atoms with Crippen molar-refractivity contribution in [3.05, 3.63) is 70.3 Å². The summed E-state index contributed by atoms with van der Waals surface area (Å²) < 4.78 is 8.57. The highest BCUT2D eigenvalue weighted by molar-refractivity contribution is 9.10. The van der Waals surface area contributed by atoms with E-state index in [1.807, 2.05) is 42.5 Å². The lowest BCUT2D eigenvalue weighted by atomic mass is 10.0. The molecule has 1 aliphatic rings. The van der Waals surface area contributed by atoms with E-state index in [1.165, 1.54) is 0 Å². The van der Waals surface area contributed by atoms with E-state index in [1.54, 1.807) is 16.9 Å². The van der Waals surface area contributed by atoms with E-state index in [2.05, 4.69) is 31.7 Å². The molecule has 2 aromatic carbocycles. The number of fused-ring (bicyclic) bond motifs is 1. The fraction of sp³-hybridized carbons (Fsp3) is 0.261. The third-order valence-corrected chi connectivity index (χ3v) is 5.55. The van der Waals surface area contributed by atoms with Gasteiger partial charge in [-0.3, -0.25) is 9.59 Å². The van der Waals surface area contributed by atoms with Gasteiger partial charge in [-0.05, 0) is 54.3 Å². The minimum absolute atomic E-state index is 0.0466. The van der Waals surface area contributed by atoms with Crippen molar-refractivity contribution in [2.75, 3.05) is 17.2 Å². The highest BCUT2D eigenvalue weighted by Crippen LogP contribution is 2.26. The maximum Gasteiger partial charge on any atom is 0.225 e. The second-order valence-electron chi connectivity index (χ2n) is 7.37. The van der Waals surface area contributed by atoms with Gasteiger partial charge in [0.1, 0.15) is 11.6 Å². The molecule has 0 unspecified atom stereocenters. The van der Waals surface area contributed by atoms with E-state index in [0.717, 1.165) is 27.0 Å². The molecule has 160 valence electrons. The Morgan fingerprint density at radius 3 is 2.84 bits per heavy atom. The zero-order chi connectivity index (χ0) is 21.6. The fourth-order valence-corrected chi connectivity index (χ4v) is 3.67. The molecule has 3 aromatic rings. The van der Waals surface area contributed by atoms with E-state index < -0.39 is 0 Å². The lowest BCUT2D eigenvalue weighted by Gasteiger charge is -2.17. The summed E-state index contributed by atoms with van der Waals surface area (Å²) in [6.45, 7) is 1.02. The number of carbonyl (C=O) groups is 2. The molecule has 1 aromatic heterocycles. The largest absolute Gasteiger partial charge is 0.494 e. The van der Waals surface area contributed by atoms with Crippen LogP contribution in [0.15, 0.2) is 59.2 Å². The number of ether oxygens (including phenoxy) is 1. The summed E-state index contributed by atoms with van der Waals surface area (Å²) in [5, 5.41) is 10.1. The normalized spacial score (nSPS) is 12.7. The summed E-state index contributed by atoms with van der Waals surface area (Å²) >= 11 is 3.43. The van der Waals surface area contributed by atoms with Gasteiger partial charge < -0.3 is 15.4 Å². The monoisotopic (exact) mass is 482 g/mol. The minimum Gasteiger partial charge on any atom is -0.494 e. The van der Waals surface area contributed by atoms with Crippen molar-refractivity contribution < 1.29 is 14.3 Å². The van der Waals surface area contributed by atoms with Crippen molar-refractivity contribution in [3.8, 4) is 5.75 Å². The molecule has 0 atom stereocenters. The summed E-state index contributed by atoms with van der Waals surface area (Å²) in [6, 6.07) is 15.4. The molecular weight excluding hydrogens is 460 g/mol. The van der Waals surface area contributed by atoms with Crippen molar-refractivity contribution in [2.24, 2.45) is 0 Å². The molecule has 7 nitrogen and oxygen atoms in total. The molecule has 8 heteroatoms. The third kappa shape index (κ3) is 5.73. The third-order valence-electron chi connectivity index (χ3n) is 5.02. The van der Waals surface area contributed by atoms with Crippen LogP contribution in [0.25, 0.3) is 0 Å². The first-order chi connectivity index (χ1) is 15.1. The van der Waals surface area contributed by atoms with Crippen LogP contribution in [0.3, 0.4) is 0 Å². The molecule has 1 aliphatic heterocycles. The number of benzene rings is 2. The van der Waals surface area contributed by atoms with E-state index in [4.69, 9.17) is 4.74 Å². The average Bonchev–Trinajstić information content (AvgIpc) is 3.19. The molecular formula is C23H23BrN4O3. The highest BCUT2D eigenvalue weighted by Gasteiger charge is 2.15. The molecule has 4 rings (SSSR count). The number of carbonyl (C=O) groups excluding carboxylic acids is 2.